The van der Waals surface area contributed by atoms with E-state index in [-0.39, 0.29) is 5.91 Å². The van der Waals surface area contributed by atoms with Crippen LogP contribution in [-0.4, -0.2) is 53.6 Å². The van der Waals surface area contributed by atoms with E-state index in [2.05, 4.69) is 28.7 Å². The Hall–Kier alpha value is -2.63. The van der Waals surface area contributed by atoms with Crippen LogP contribution in [0, 0.1) is 13.8 Å². The Bertz CT molecular complexity index is 713. The van der Waals surface area contributed by atoms with Crippen molar-refractivity contribution in [3.8, 4) is 5.75 Å². The molecule has 2 aromatic rings. The molecule has 0 radical (unpaired) electrons. The normalized spacial score (nSPS) is 14.5. The molecule has 0 unspecified atom stereocenters. The first-order valence-corrected chi connectivity index (χ1v) is 8.62. The van der Waals surface area contributed by atoms with Gasteiger partial charge in [0.25, 0.3) is 0 Å². The largest absolute Gasteiger partial charge is 0.493 e. The van der Waals surface area contributed by atoms with Crippen LogP contribution < -0.4 is 9.64 Å². The lowest BCUT2D eigenvalue weighted by molar-refractivity contribution is -0.132. The highest BCUT2D eigenvalue weighted by Gasteiger charge is 2.21. The summed E-state index contributed by atoms with van der Waals surface area (Å²) in [6, 6.07) is 6.00. The zero-order chi connectivity index (χ0) is 17.6. The number of piperazine rings is 1. The van der Waals surface area contributed by atoms with E-state index < -0.39 is 0 Å². The number of ether oxygens (including phenoxy) is 1. The summed E-state index contributed by atoms with van der Waals surface area (Å²) >= 11 is 0. The molecule has 3 rings (SSSR count). The molecule has 1 aromatic carbocycles. The molecule has 25 heavy (non-hydrogen) atoms. The van der Waals surface area contributed by atoms with Crippen molar-refractivity contribution in [1.29, 1.82) is 0 Å². The number of hydrogen-bond acceptors (Lipinski definition) is 5. The second-order valence-corrected chi connectivity index (χ2v) is 6.28. The maximum Gasteiger partial charge on any atom is 0.226 e. The molecule has 1 aromatic heterocycles. The molecule has 0 atom stereocenters. The van der Waals surface area contributed by atoms with Crippen LogP contribution in [0.5, 0.6) is 5.75 Å². The van der Waals surface area contributed by atoms with Gasteiger partial charge < -0.3 is 14.5 Å². The van der Waals surface area contributed by atoms with E-state index in [9.17, 15) is 4.79 Å². The fraction of sp³-hybridized carbons (Fsp3) is 0.421. The number of aromatic nitrogens is 2. The molecule has 1 fully saturated rings. The summed E-state index contributed by atoms with van der Waals surface area (Å²) in [5, 5.41) is 0. The first-order chi connectivity index (χ1) is 12.1. The van der Waals surface area contributed by atoms with Gasteiger partial charge in [-0.1, -0.05) is 6.07 Å². The van der Waals surface area contributed by atoms with E-state index >= 15 is 0 Å². The third-order valence-electron chi connectivity index (χ3n) is 4.57. The van der Waals surface area contributed by atoms with Crippen molar-refractivity contribution in [2.45, 2.75) is 20.3 Å². The molecule has 6 nitrogen and oxygen atoms in total. The summed E-state index contributed by atoms with van der Waals surface area (Å²) in [5.41, 5.74) is 2.44. The van der Waals surface area contributed by atoms with Crippen LogP contribution in [0.15, 0.2) is 36.8 Å². The summed E-state index contributed by atoms with van der Waals surface area (Å²) in [6.45, 7) is 7.52. The van der Waals surface area contributed by atoms with Gasteiger partial charge in [-0.15, -0.1) is 0 Å². The predicted octanol–water partition coefficient (Wildman–Crippen LogP) is 2.21. The fourth-order valence-electron chi connectivity index (χ4n) is 2.86. The van der Waals surface area contributed by atoms with Crippen molar-refractivity contribution in [1.82, 2.24) is 14.9 Å². The molecule has 1 saturated heterocycles. The standard InChI is InChI=1S/C19H24N4O2/c1-15-3-4-17(13-16(15)2)25-12-5-19(24)23-10-8-22(9-11-23)18-14-20-6-7-21-18/h3-4,6-7,13-14H,5,8-12H2,1-2H3. The molecule has 0 aliphatic carbocycles. The fourth-order valence-corrected chi connectivity index (χ4v) is 2.86. The number of carbonyl (C=O) groups excluding carboxylic acids is 1. The molecule has 0 bridgehead atoms. The lowest BCUT2D eigenvalue weighted by Crippen LogP contribution is -2.49. The van der Waals surface area contributed by atoms with E-state index in [1.165, 1.54) is 11.1 Å². The van der Waals surface area contributed by atoms with E-state index in [1.54, 1.807) is 18.6 Å². The lowest BCUT2D eigenvalue weighted by atomic mass is 10.1. The van der Waals surface area contributed by atoms with Gasteiger partial charge in [-0.3, -0.25) is 9.78 Å². The van der Waals surface area contributed by atoms with Crippen molar-refractivity contribution in [2.75, 3.05) is 37.7 Å². The van der Waals surface area contributed by atoms with Crippen LogP contribution in [0.1, 0.15) is 17.5 Å². The average Bonchev–Trinajstić information content (AvgIpc) is 2.65. The van der Waals surface area contributed by atoms with Gasteiger partial charge in [0.2, 0.25) is 5.91 Å². The number of amides is 1. The van der Waals surface area contributed by atoms with Crippen molar-refractivity contribution in [2.24, 2.45) is 0 Å². The number of nitrogens with zero attached hydrogens (tertiary/aromatic N) is 4. The molecule has 132 valence electrons. The van der Waals surface area contributed by atoms with Crippen LogP contribution in [0.3, 0.4) is 0 Å². The molecule has 1 aliphatic rings. The Kier molecular flexibility index (Phi) is 5.48. The van der Waals surface area contributed by atoms with Gasteiger partial charge in [-0.25, -0.2) is 4.98 Å². The highest BCUT2D eigenvalue weighted by Crippen LogP contribution is 2.17. The molecule has 0 saturated carbocycles. The minimum absolute atomic E-state index is 0.141. The van der Waals surface area contributed by atoms with E-state index in [0.29, 0.717) is 26.1 Å². The molecule has 1 amide bonds. The Morgan fingerprint density at radius 3 is 2.60 bits per heavy atom. The number of rotatable bonds is 5. The molecule has 2 heterocycles. The maximum atomic E-state index is 12.4. The quantitative estimate of drug-likeness (QED) is 0.835. The van der Waals surface area contributed by atoms with Crippen LogP contribution in [-0.2, 0) is 4.79 Å². The molecule has 0 N–H and O–H groups in total. The first-order valence-electron chi connectivity index (χ1n) is 8.62. The second kappa shape index (κ2) is 7.96. The highest BCUT2D eigenvalue weighted by molar-refractivity contribution is 5.76. The SMILES string of the molecule is Cc1ccc(OCCC(=O)N2CCN(c3cnccn3)CC2)cc1C. The lowest BCUT2D eigenvalue weighted by Gasteiger charge is -2.35. The molecule has 6 heteroatoms. The Balaban J connectivity index is 1.43. The molecular formula is C19H24N4O2. The van der Waals surface area contributed by atoms with Gasteiger partial charge in [-0.05, 0) is 37.1 Å². The molecule has 1 aliphatic heterocycles. The van der Waals surface area contributed by atoms with Crippen LogP contribution in [0.25, 0.3) is 0 Å². The van der Waals surface area contributed by atoms with Crippen molar-refractivity contribution in [3.63, 3.8) is 0 Å². The predicted molar refractivity (Wildman–Crippen MR) is 96.9 cm³/mol. The van der Waals surface area contributed by atoms with E-state index in [0.717, 1.165) is 24.7 Å². The van der Waals surface area contributed by atoms with Crippen molar-refractivity contribution in [3.05, 3.63) is 47.9 Å². The number of benzene rings is 1. The third-order valence-corrected chi connectivity index (χ3v) is 4.57. The van der Waals surface area contributed by atoms with Gasteiger partial charge in [0, 0.05) is 38.6 Å². The smallest absolute Gasteiger partial charge is 0.226 e. The van der Waals surface area contributed by atoms with Gasteiger partial charge in [-0.2, -0.15) is 0 Å². The summed E-state index contributed by atoms with van der Waals surface area (Å²) in [7, 11) is 0. The van der Waals surface area contributed by atoms with Crippen LogP contribution in [0.2, 0.25) is 0 Å². The van der Waals surface area contributed by atoms with Gasteiger partial charge in [0.05, 0.1) is 19.2 Å². The topological polar surface area (TPSA) is 58.6 Å². The zero-order valence-electron chi connectivity index (χ0n) is 14.8. The maximum absolute atomic E-state index is 12.4. The second-order valence-electron chi connectivity index (χ2n) is 6.28. The average molecular weight is 340 g/mol. The summed E-state index contributed by atoms with van der Waals surface area (Å²) < 4.78 is 5.72. The number of anilines is 1. The van der Waals surface area contributed by atoms with Crippen LogP contribution >= 0.6 is 0 Å². The Morgan fingerprint density at radius 2 is 1.92 bits per heavy atom. The Labute approximate surface area is 148 Å². The summed E-state index contributed by atoms with van der Waals surface area (Å²) in [6.07, 6.45) is 5.52. The van der Waals surface area contributed by atoms with E-state index in [1.807, 2.05) is 23.1 Å². The van der Waals surface area contributed by atoms with Gasteiger partial charge in [0.1, 0.15) is 11.6 Å². The minimum Gasteiger partial charge on any atom is -0.493 e. The van der Waals surface area contributed by atoms with Gasteiger partial charge in [0.15, 0.2) is 0 Å². The highest BCUT2D eigenvalue weighted by atomic mass is 16.5. The first kappa shape index (κ1) is 17.2. The van der Waals surface area contributed by atoms with E-state index in [4.69, 9.17) is 4.74 Å². The minimum atomic E-state index is 0.141. The van der Waals surface area contributed by atoms with Crippen molar-refractivity contribution < 1.29 is 9.53 Å². The van der Waals surface area contributed by atoms with Crippen LogP contribution in [0.4, 0.5) is 5.82 Å². The van der Waals surface area contributed by atoms with Crippen molar-refractivity contribution >= 4 is 11.7 Å². The number of hydrogen-bond donors (Lipinski definition) is 0. The third kappa shape index (κ3) is 4.47. The molecule has 0 spiro atoms. The number of carbonyl (C=O) groups is 1. The monoisotopic (exact) mass is 340 g/mol. The summed E-state index contributed by atoms with van der Waals surface area (Å²) in [5.74, 6) is 1.83. The van der Waals surface area contributed by atoms with Gasteiger partial charge >= 0.3 is 0 Å². The molecular weight excluding hydrogens is 316 g/mol. The summed E-state index contributed by atoms with van der Waals surface area (Å²) in [4.78, 5) is 24.8. The Morgan fingerprint density at radius 1 is 1.12 bits per heavy atom. The number of aryl methyl sites for hydroxylation is 2. The zero-order valence-corrected chi connectivity index (χ0v) is 14.8.